The number of aryl methyl sites for hydroxylation is 2. The second-order valence-electron chi connectivity index (χ2n) is 6.67. The number of aromatic nitrogens is 1. The fourth-order valence-electron chi connectivity index (χ4n) is 3.69. The van der Waals surface area contributed by atoms with Gasteiger partial charge in [0.05, 0.1) is 5.56 Å². The Bertz CT molecular complexity index is 541. The zero-order valence-electron chi connectivity index (χ0n) is 12.8. The van der Waals surface area contributed by atoms with E-state index in [2.05, 4.69) is 18.3 Å². The quantitative estimate of drug-likeness (QED) is 0.838. The number of anilines is 1. The lowest BCUT2D eigenvalue weighted by Crippen LogP contribution is -2.28. The molecule has 0 bridgehead atoms. The third-order valence-electron chi connectivity index (χ3n) is 4.84. The third kappa shape index (κ3) is 3.37. The summed E-state index contributed by atoms with van der Waals surface area (Å²) in [4.78, 5) is 5.34. The summed E-state index contributed by atoms with van der Waals surface area (Å²) < 4.78 is 0. The normalized spacial score (nSPS) is 25.2. The first kappa shape index (κ1) is 14.8. The molecule has 0 amide bonds. The van der Waals surface area contributed by atoms with E-state index in [1.165, 1.54) is 49.8 Å². The minimum Gasteiger partial charge on any atom is -0.389 e. The zero-order valence-corrected chi connectivity index (χ0v) is 13.6. The van der Waals surface area contributed by atoms with Gasteiger partial charge in [-0.15, -0.1) is 0 Å². The van der Waals surface area contributed by atoms with Gasteiger partial charge in [-0.1, -0.05) is 32.0 Å². The van der Waals surface area contributed by atoms with Crippen LogP contribution in [0.1, 0.15) is 62.3 Å². The maximum atomic E-state index is 5.93. The highest BCUT2D eigenvalue weighted by Crippen LogP contribution is 2.29. The molecule has 1 heterocycles. The predicted octanol–water partition coefficient (Wildman–Crippen LogP) is 3.59. The number of pyridine rings is 1. The van der Waals surface area contributed by atoms with Gasteiger partial charge in [-0.2, -0.15) is 0 Å². The molecule has 21 heavy (non-hydrogen) atoms. The van der Waals surface area contributed by atoms with Crippen LogP contribution in [-0.2, 0) is 12.8 Å². The molecule has 3 nitrogen and oxygen atoms in total. The molecule has 0 saturated heterocycles. The van der Waals surface area contributed by atoms with Gasteiger partial charge in [-0.25, -0.2) is 4.98 Å². The number of nitrogens with one attached hydrogen (secondary N) is 1. The summed E-state index contributed by atoms with van der Waals surface area (Å²) in [5.74, 6) is 1.71. The zero-order chi connectivity index (χ0) is 14.8. The smallest absolute Gasteiger partial charge is 0.136 e. The van der Waals surface area contributed by atoms with Gasteiger partial charge in [0, 0.05) is 11.7 Å². The first-order valence-corrected chi connectivity index (χ1v) is 8.63. The summed E-state index contributed by atoms with van der Waals surface area (Å²) >= 11 is 5.24. The van der Waals surface area contributed by atoms with E-state index < -0.39 is 0 Å². The van der Waals surface area contributed by atoms with Gasteiger partial charge >= 0.3 is 0 Å². The molecule has 0 radical (unpaired) electrons. The Morgan fingerprint density at radius 3 is 2.86 bits per heavy atom. The van der Waals surface area contributed by atoms with Crippen LogP contribution in [0.2, 0.25) is 0 Å². The van der Waals surface area contributed by atoms with Crippen molar-refractivity contribution in [2.45, 2.75) is 64.3 Å². The highest BCUT2D eigenvalue weighted by atomic mass is 32.1. The number of thiocarbonyl (C=S) groups is 1. The molecule has 1 fully saturated rings. The van der Waals surface area contributed by atoms with E-state index in [-0.39, 0.29) is 0 Å². The molecular weight excluding hydrogens is 278 g/mol. The Kier molecular flexibility index (Phi) is 4.43. The van der Waals surface area contributed by atoms with E-state index in [4.69, 9.17) is 22.9 Å². The molecule has 0 aliphatic heterocycles. The molecule has 2 aliphatic carbocycles. The second-order valence-corrected chi connectivity index (χ2v) is 7.11. The van der Waals surface area contributed by atoms with Crippen LogP contribution in [0.15, 0.2) is 6.07 Å². The molecule has 2 unspecified atom stereocenters. The number of fused-ring (bicyclic) bond motifs is 1. The topological polar surface area (TPSA) is 50.9 Å². The SMILES string of the molecule is CC1CCCC(Nc2nc3c(cc2C(N)=S)CCCC3)C1. The van der Waals surface area contributed by atoms with Gasteiger partial charge in [-0.3, -0.25) is 0 Å². The summed E-state index contributed by atoms with van der Waals surface area (Å²) in [5, 5.41) is 3.63. The molecular formula is C17H25N3S. The first-order chi connectivity index (χ1) is 10.1. The molecule has 0 aromatic carbocycles. The Morgan fingerprint density at radius 2 is 2.10 bits per heavy atom. The highest BCUT2D eigenvalue weighted by molar-refractivity contribution is 7.80. The molecule has 1 saturated carbocycles. The largest absolute Gasteiger partial charge is 0.389 e. The summed E-state index contributed by atoms with van der Waals surface area (Å²) in [6.07, 6.45) is 9.77. The van der Waals surface area contributed by atoms with Gasteiger partial charge in [0.1, 0.15) is 10.8 Å². The van der Waals surface area contributed by atoms with Crippen LogP contribution >= 0.6 is 12.2 Å². The molecule has 3 N–H and O–H groups in total. The summed E-state index contributed by atoms with van der Waals surface area (Å²) in [5.41, 5.74) is 9.45. The van der Waals surface area contributed by atoms with Crippen LogP contribution in [0, 0.1) is 5.92 Å². The maximum absolute atomic E-state index is 5.93. The number of nitrogens with zero attached hydrogens (tertiary/aromatic N) is 1. The third-order valence-corrected chi connectivity index (χ3v) is 5.06. The molecule has 3 rings (SSSR count). The fourth-order valence-corrected chi connectivity index (χ4v) is 3.85. The minimum atomic E-state index is 0.460. The first-order valence-electron chi connectivity index (χ1n) is 8.22. The lowest BCUT2D eigenvalue weighted by atomic mass is 9.87. The van der Waals surface area contributed by atoms with Crippen LogP contribution in [0.3, 0.4) is 0 Å². The summed E-state index contributed by atoms with van der Waals surface area (Å²) in [6, 6.07) is 2.69. The Labute approximate surface area is 132 Å². The van der Waals surface area contributed by atoms with Crippen LogP contribution in [0.25, 0.3) is 0 Å². The Morgan fingerprint density at radius 1 is 1.29 bits per heavy atom. The van der Waals surface area contributed by atoms with Crippen LogP contribution in [0.4, 0.5) is 5.82 Å². The van der Waals surface area contributed by atoms with Crippen molar-refractivity contribution >= 4 is 23.0 Å². The number of hydrogen-bond donors (Lipinski definition) is 2. The van der Waals surface area contributed by atoms with Crippen LogP contribution < -0.4 is 11.1 Å². The standard InChI is InChI=1S/C17H25N3S/c1-11-5-4-7-13(9-11)19-17-14(16(18)21)10-12-6-2-3-8-15(12)20-17/h10-11,13H,2-9H2,1H3,(H2,18,21)(H,19,20). The van der Waals surface area contributed by atoms with Crippen molar-refractivity contribution in [1.82, 2.24) is 4.98 Å². The minimum absolute atomic E-state index is 0.460. The number of nitrogens with two attached hydrogens (primary N) is 1. The molecule has 1 aromatic heterocycles. The molecule has 2 aliphatic rings. The average Bonchev–Trinajstić information content (AvgIpc) is 2.46. The van der Waals surface area contributed by atoms with Crippen molar-refractivity contribution in [2.24, 2.45) is 11.7 Å². The van der Waals surface area contributed by atoms with Gasteiger partial charge < -0.3 is 11.1 Å². The van der Waals surface area contributed by atoms with Crippen molar-refractivity contribution in [3.8, 4) is 0 Å². The number of hydrogen-bond acceptors (Lipinski definition) is 3. The fraction of sp³-hybridized carbons (Fsp3) is 0.647. The van der Waals surface area contributed by atoms with Crippen molar-refractivity contribution in [3.63, 3.8) is 0 Å². The van der Waals surface area contributed by atoms with E-state index in [0.717, 1.165) is 30.1 Å². The maximum Gasteiger partial charge on any atom is 0.136 e. The predicted molar refractivity (Wildman–Crippen MR) is 91.8 cm³/mol. The van der Waals surface area contributed by atoms with E-state index >= 15 is 0 Å². The number of rotatable bonds is 3. The van der Waals surface area contributed by atoms with Gasteiger partial charge in [0.25, 0.3) is 0 Å². The van der Waals surface area contributed by atoms with E-state index in [1.807, 2.05) is 0 Å². The summed E-state index contributed by atoms with van der Waals surface area (Å²) in [6.45, 7) is 2.34. The Hall–Kier alpha value is -1.16. The molecule has 1 aromatic rings. The lowest BCUT2D eigenvalue weighted by Gasteiger charge is -2.29. The van der Waals surface area contributed by atoms with E-state index in [1.54, 1.807) is 0 Å². The van der Waals surface area contributed by atoms with Gasteiger partial charge in [0.15, 0.2) is 0 Å². The van der Waals surface area contributed by atoms with Gasteiger partial charge in [0.2, 0.25) is 0 Å². The van der Waals surface area contributed by atoms with Gasteiger partial charge in [-0.05, 0) is 56.1 Å². The van der Waals surface area contributed by atoms with Crippen molar-refractivity contribution in [1.29, 1.82) is 0 Å². The van der Waals surface area contributed by atoms with Crippen molar-refractivity contribution in [3.05, 3.63) is 22.9 Å². The molecule has 2 atom stereocenters. The lowest BCUT2D eigenvalue weighted by molar-refractivity contribution is 0.358. The molecule has 0 spiro atoms. The van der Waals surface area contributed by atoms with E-state index in [9.17, 15) is 0 Å². The highest BCUT2D eigenvalue weighted by Gasteiger charge is 2.22. The van der Waals surface area contributed by atoms with Crippen molar-refractivity contribution < 1.29 is 0 Å². The van der Waals surface area contributed by atoms with Crippen molar-refractivity contribution in [2.75, 3.05) is 5.32 Å². The van der Waals surface area contributed by atoms with E-state index in [0.29, 0.717) is 11.0 Å². The Balaban J connectivity index is 1.87. The average molecular weight is 303 g/mol. The van der Waals surface area contributed by atoms with Crippen LogP contribution in [0.5, 0.6) is 0 Å². The van der Waals surface area contributed by atoms with Crippen LogP contribution in [-0.4, -0.2) is 16.0 Å². The summed E-state index contributed by atoms with van der Waals surface area (Å²) in [7, 11) is 0. The second kappa shape index (κ2) is 6.30. The molecule has 114 valence electrons. The monoisotopic (exact) mass is 303 g/mol. The molecule has 4 heteroatoms.